The highest BCUT2D eigenvalue weighted by atomic mass is 19.4. The van der Waals surface area contributed by atoms with Crippen LogP contribution in [0.5, 0.6) is 0 Å². The molecule has 0 aliphatic heterocycles. The molecular weight excluding hydrogens is 427 g/mol. The molecule has 2 heterocycles. The van der Waals surface area contributed by atoms with Gasteiger partial charge in [-0.05, 0) is 50.5 Å². The Bertz CT molecular complexity index is 1210. The number of carbonyl (C=O) groups excluding carboxylic acids is 1. The van der Waals surface area contributed by atoms with Crippen LogP contribution in [-0.4, -0.2) is 42.3 Å². The minimum Gasteiger partial charge on any atom is -0.390 e. The van der Waals surface area contributed by atoms with E-state index in [-0.39, 0.29) is 23.6 Å². The van der Waals surface area contributed by atoms with E-state index in [0.717, 1.165) is 0 Å². The Balaban J connectivity index is 2.37. The smallest absolute Gasteiger partial charge is 0.390 e. The number of aromatic nitrogens is 3. The number of aliphatic hydroxyl groups is 2. The number of halogens is 3. The zero-order valence-corrected chi connectivity index (χ0v) is 17.9. The van der Waals surface area contributed by atoms with Gasteiger partial charge in [-0.25, -0.2) is 9.97 Å². The molecule has 1 aromatic carbocycles. The number of nitrogens with zero attached hydrogens (tertiary/aromatic N) is 3. The summed E-state index contributed by atoms with van der Waals surface area (Å²) in [5.74, 6) is -0.924. The van der Waals surface area contributed by atoms with Crippen molar-refractivity contribution < 1.29 is 28.2 Å². The zero-order chi connectivity index (χ0) is 24.2. The number of hydrogen-bond acceptors (Lipinski definition) is 6. The number of nitrogen functional groups attached to an aromatic ring is 1. The second-order valence-corrected chi connectivity index (χ2v) is 8.58. The quantitative estimate of drug-likeness (QED) is 0.470. The number of nitrogens with two attached hydrogens (primary N) is 2. The third kappa shape index (κ3) is 4.13. The van der Waals surface area contributed by atoms with E-state index < -0.39 is 28.8 Å². The molecule has 0 fully saturated rings. The molecule has 0 spiro atoms. The Morgan fingerprint density at radius 3 is 2.34 bits per heavy atom. The number of primary amides is 1. The lowest BCUT2D eigenvalue weighted by molar-refractivity contribution is -0.258. The number of amides is 1. The van der Waals surface area contributed by atoms with E-state index in [2.05, 4.69) is 9.97 Å². The summed E-state index contributed by atoms with van der Waals surface area (Å²) < 4.78 is 42.3. The molecule has 11 heteroatoms. The predicted octanol–water partition coefficient (Wildman–Crippen LogP) is 2.47. The van der Waals surface area contributed by atoms with Crippen molar-refractivity contribution in [1.29, 1.82) is 0 Å². The van der Waals surface area contributed by atoms with Gasteiger partial charge in [-0.3, -0.25) is 9.20 Å². The van der Waals surface area contributed by atoms with Gasteiger partial charge in [0.05, 0.1) is 17.5 Å². The van der Waals surface area contributed by atoms with E-state index in [1.165, 1.54) is 42.8 Å². The van der Waals surface area contributed by atoms with Crippen molar-refractivity contribution in [2.24, 2.45) is 5.73 Å². The van der Waals surface area contributed by atoms with Gasteiger partial charge in [-0.15, -0.1) is 0 Å². The van der Waals surface area contributed by atoms with E-state index in [0.29, 0.717) is 29.3 Å². The SMILES string of the molecule is Cc1c(CC(C)(C)O)cc(C(C)(O)C(F)(F)F)cc1-c1cnc2c(N)nc(C(N)=O)cn12. The largest absolute Gasteiger partial charge is 0.421 e. The number of anilines is 1. The Morgan fingerprint density at radius 1 is 1.19 bits per heavy atom. The molecule has 0 aliphatic rings. The van der Waals surface area contributed by atoms with Crippen molar-refractivity contribution in [3.63, 3.8) is 0 Å². The molecule has 3 aromatic rings. The molecular formula is C21H24F3N5O3. The lowest BCUT2D eigenvalue weighted by Gasteiger charge is -2.29. The number of alkyl halides is 3. The number of benzene rings is 1. The number of carbonyl (C=O) groups is 1. The van der Waals surface area contributed by atoms with Crippen LogP contribution in [0, 0.1) is 6.92 Å². The summed E-state index contributed by atoms with van der Waals surface area (Å²) in [6.45, 7) is 5.40. The van der Waals surface area contributed by atoms with Crippen molar-refractivity contribution in [2.75, 3.05) is 5.73 Å². The van der Waals surface area contributed by atoms with Gasteiger partial charge >= 0.3 is 6.18 Å². The molecule has 0 aliphatic carbocycles. The Hall–Kier alpha value is -3.18. The Labute approximate surface area is 181 Å². The van der Waals surface area contributed by atoms with Gasteiger partial charge < -0.3 is 21.7 Å². The van der Waals surface area contributed by atoms with Crippen molar-refractivity contribution in [1.82, 2.24) is 14.4 Å². The second-order valence-electron chi connectivity index (χ2n) is 8.58. The van der Waals surface area contributed by atoms with Gasteiger partial charge in [0, 0.05) is 18.2 Å². The molecule has 1 amide bonds. The molecule has 0 bridgehead atoms. The van der Waals surface area contributed by atoms with E-state index in [4.69, 9.17) is 11.5 Å². The maximum atomic E-state index is 13.6. The molecule has 0 saturated carbocycles. The normalized spacial score (nSPS) is 14.5. The standard InChI is InChI=1S/C21H24F3N5O3/c1-10-11(7-19(2,3)31)5-12(20(4,32)21(22,23)24)6-13(10)15-8-27-18-16(25)28-14(17(26)30)9-29(15)18/h5-6,8-9,31-32H,7H2,1-4H3,(H2,25,28)(H2,26,30). The van der Waals surface area contributed by atoms with E-state index in [9.17, 15) is 28.2 Å². The zero-order valence-electron chi connectivity index (χ0n) is 17.9. The molecule has 172 valence electrons. The van der Waals surface area contributed by atoms with E-state index in [1.54, 1.807) is 6.92 Å². The van der Waals surface area contributed by atoms with E-state index >= 15 is 0 Å². The van der Waals surface area contributed by atoms with Crippen molar-refractivity contribution in [2.45, 2.75) is 51.5 Å². The van der Waals surface area contributed by atoms with Crippen molar-refractivity contribution in [3.8, 4) is 11.3 Å². The van der Waals surface area contributed by atoms with Crippen LogP contribution in [0.3, 0.4) is 0 Å². The summed E-state index contributed by atoms with van der Waals surface area (Å²) in [6.07, 6.45) is -2.25. The number of imidazole rings is 1. The Kier molecular flexibility index (Phi) is 5.47. The van der Waals surface area contributed by atoms with Crippen molar-refractivity contribution in [3.05, 3.63) is 46.9 Å². The summed E-state index contributed by atoms with van der Waals surface area (Å²) in [5.41, 5.74) is 8.01. The number of fused-ring (bicyclic) bond motifs is 1. The third-order valence-electron chi connectivity index (χ3n) is 5.30. The van der Waals surface area contributed by atoms with Gasteiger partial charge in [-0.1, -0.05) is 6.07 Å². The molecule has 32 heavy (non-hydrogen) atoms. The molecule has 1 unspecified atom stereocenters. The van der Waals surface area contributed by atoms with Crippen LogP contribution in [0.2, 0.25) is 0 Å². The first-order valence-corrected chi connectivity index (χ1v) is 9.62. The van der Waals surface area contributed by atoms with Gasteiger partial charge in [0.1, 0.15) is 5.69 Å². The van der Waals surface area contributed by atoms with Crippen LogP contribution in [0.15, 0.2) is 24.5 Å². The molecule has 2 aromatic heterocycles. The fourth-order valence-electron chi connectivity index (χ4n) is 3.46. The van der Waals surface area contributed by atoms with E-state index in [1.807, 2.05) is 0 Å². The van der Waals surface area contributed by atoms with Crippen LogP contribution >= 0.6 is 0 Å². The number of rotatable bonds is 5. The molecule has 0 saturated heterocycles. The topological polar surface area (TPSA) is 140 Å². The highest BCUT2D eigenvalue weighted by Gasteiger charge is 2.51. The first-order valence-electron chi connectivity index (χ1n) is 9.62. The summed E-state index contributed by atoms with van der Waals surface area (Å²) >= 11 is 0. The van der Waals surface area contributed by atoms with Gasteiger partial charge in [-0.2, -0.15) is 13.2 Å². The summed E-state index contributed by atoms with van der Waals surface area (Å²) in [6, 6.07) is 2.44. The summed E-state index contributed by atoms with van der Waals surface area (Å²) in [5, 5.41) is 20.6. The lowest BCUT2D eigenvalue weighted by Crippen LogP contribution is -2.39. The first kappa shape index (κ1) is 23.5. The third-order valence-corrected chi connectivity index (χ3v) is 5.30. The summed E-state index contributed by atoms with van der Waals surface area (Å²) in [7, 11) is 0. The maximum absolute atomic E-state index is 13.6. The van der Waals surface area contributed by atoms with Crippen LogP contribution in [0.1, 0.15) is 48.0 Å². The minimum atomic E-state index is -4.95. The monoisotopic (exact) mass is 451 g/mol. The summed E-state index contributed by atoms with van der Waals surface area (Å²) in [4.78, 5) is 19.7. The molecule has 1 atom stereocenters. The van der Waals surface area contributed by atoms with Crippen LogP contribution in [0.4, 0.5) is 19.0 Å². The van der Waals surface area contributed by atoms with Crippen LogP contribution < -0.4 is 11.5 Å². The first-order chi connectivity index (χ1) is 14.5. The predicted molar refractivity (Wildman–Crippen MR) is 112 cm³/mol. The highest BCUT2D eigenvalue weighted by molar-refractivity contribution is 5.91. The molecule has 6 N–H and O–H groups in total. The highest BCUT2D eigenvalue weighted by Crippen LogP contribution is 2.41. The van der Waals surface area contributed by atoms with Gasteiger partial charge in [0.2, 0.25) is 0 Å². The van der Waals surface area contributed by atoms with Crippen LogP contribution in [-0.2, 0) is 12.0 Å². The average molecular weight is 451 g/mol. The van der Waals surface area contributed by atoms with Gasteiger partial charge in [0.15, 0.2) is 17.1 Å². The Morgan fingerprint density at radius 2 is 1.81 bits per heavy atom. The molecule has 0 radical (unpaired) electrons. The van der Waals surface area contributed by atoms with Crippen molar-refractivity contribution >= 4 is 17.4 Å². The lowest BCUT2D eigenvalue weighted by atomic mass is 9.85. The fourth-order valence-corrected chi connectivity index (χ4v) is 3.46. The molecule has 3 rings (SSSR count). The average Bonchev–Trinajstić information content (AvgIpc) is 3.05. The fraction of sp³-hybridized carbons (Fsp3) is 0.381. The minimum absolute atomic E-state index is 0.0284. The molecule has 8 nitrogen and oxygen atoms in total. The van der Waals surface area contributed by atoms with Crippen LogP contribution in [0.25, 0.3) is 16.9 Å². The maximum Gasteiger partial charge on any atom is 0.421 e. The van der Waals surface area contributed by atoms with Gasteiger partial charge in [0.25, 0.3) is 5.91 Å². The second kappa shape index (κ2) is 7.45. The number of hydrogen-bond donors (Lipinski definition) is 4.